The molecule has 0 saturated heterocycles. The van der Waals surface area contributed by atoms with Crippen molar-refractivity contribution in [2.75, 3.05) is 12.4 Å². The highest BCUT2D eigenvalue weighted by molar-refractivity contribution is 7.99. The van der Waals surface area contributed by atoms with Crippen LogP contribution in [0, 0.1) is 11.8 Å². The van der Waals surface area contributed by atoms with E-state index < -0.39 is 0 Å². The van der Waals surface area contributed by atoms with Gasteiger partial charge in [-0.3, -0.25) is 0 Å². The molecule has 0 radical (unpaired) electrons. The van der Waals surface area contributed by atoms with Crippen LogP contribution in [0.1, 0.15) is 6.42 Å². The molecule has 0 amide bonds. The molecule has 0 aliphatic rings. The first-order valence-corrected chi connectivity index (χ1v) is 5.16. The van der Waals surface area contributed by atoms with Gasteiger partial charge in [0.2, 0.25) is 0 Å². The fourth-order valence-electron chi connectivity index (χ4n) is 0.831. The van der Waals surface area contributed by atoms with Gasteiger partial charge in [-0.2, -0.15) is 0 Å². The quantitative estimate of drug-likeness (QED) is 0.585. The molecule has 0 atom stereocenters. The van der Waals surface area contributed by atoms with Crippen molar-refractivity contribution in [2.24, 2.45) is 0 Å². The van der Waals surface area contributed by atoms with E-state index in [0.29, 0.717) is 6.42 Å². The molecule has 0 aliphatic heterocycles. The average molecular weight is 192 g/mol. The largest absolute Gasteiger partial charge is 0.395 e. The van der Waals surface area contributed by atoms with Crippen LogP contribution in [-0.4, -0.2) is 17.5 Å². The van der Waals surface area contributed by atoms with Gasteiger partial charge in [-0.05, 0) is 12.1 Å². The number of benzene rings is 1. The van der Waals surface area contributed by atoms with E-state index in [1.54, 1.807) is 11.8 Å². The Hall–Kier alpha value is -0.910. The van der Waals surface area contributed by atoms with Crippen LogP contribution in [0.25, 0.3) is 0 Å². The van der Waals surface area contributed by atoms with Crippen molar-refractivity contribution in [1.82, 2.24) is 0 Å². The SMILES string of the molecule is OCCC#CCSc1ccccc1. The van der Waals surface area contributed by atoms with Gasteiger partial charge in [0, 0.05) is 11.3 Å². The summed E-state index contributed by atoms with van der Waals surface area (Å²) in [5.41, 5.74) is 0. The number of hydrogen-bond donors (Lipinski definition) is 1. The maximum Gasteiger partial charge on any atom is 0.0594 e. The van der Waals surface area contributed by atoms with E-state index in [9.17, 15) is 0 Å². The van der Waals surface area contributed by atoms with Crippen molar-refractivity contribution < 1.29 is 5.11 Å². The maximum absolute atomic E-state index is 8.47. The molecule has 0 fully saturated rings. The molecule has 0 bridgehead atoms. The number of thioether (sulfide) groups is 1. The van der Waals surface area contributed by atoms with Crippen molar-refractivity contribution in [3.63, 3.8) is 0 Å². The first-order valence-electron chi connectivity index (χ1n) is 4.18. The lowest BCUT2D eigenvalue weighted by molar-refractivity contribution is 0.305. The minimum Gasteiger partial charge on any atom is -0.395 e. The van der Waals surface area contributed by atoms with Gasteiger partial charge in [-0.15, -0.1) is 17.7 Å². The van der Waals surface area contributed by atoms with Crippen LogP contribution >= 0.6 is 11.8 Å². The molecule has 1 nitrogen and oxygen atoms in total. The van der Waals surface area contributed by atoms with E-state index in [0.717, 1.165) is 5.75 Å². The Morgan fingerprint density at radius 2 is 1.92 bits per heavy atom. The smallest absolute Gasteiger partial charge is 0.0594 e. The lowest BCUT2D eigenvalue weighted by atomic mass is 10.4. The molecule has 0 spiro atoms. The fraction of sp³-hybridized carbons (Fsp3) is 0.273. The van der Waals surface area contributed by atoms with Crippen molar-refractivity contribution in [1.29, 1.82) is 0 Å². The van der Waals surface area contributed by atoms with Gasteiger partial charge in [0.15, 0.2) is 0 Å². The zero-order valence-corrected chi connectivity index (χ0v) is 8.18. The first-order chi connectivity index (χ1) is 6.43. The van der Waals surface area contributed by atoms with Gasteiger partial charge in [-0.25, -0.2) is 0 Å². The third-order valence-electron chi connectivity index (χ3n) is 1.42. The Morgan fingerprint density at radius 1 is 1.15 bits per heavy atom. The second kappa shape index (κ2) is 6.59. The predicted molar refractivity (Wildman–Crippen MR) is 56.6 cm³/mol. The second-order valence-corrected chi connectivity index (χ2v) is 3.48. The van der Waals surface area contributed by atoms with Gasteiger partial charge in [0.1, 0.15) is 0 Å². The molecular weight excluding hydrogens is 180 g/mol. The van der Waals surface area contributed by atoms with E-state index in [4.69, 9.17) is 5.11 Å². The molecular formula is C11H12OS. The van der Waals surface area contributed by atoms with Crippen molar-refractivity contribution in [3.05, 3.63) is 30.3 Å². The van der Waals surface area contributed by atoms with Gasteiger partial charge in [-0.1, -0.05) is 24.1 Å². The molecule has 1 aromatic rings. The van der Waals surface area contributed by atoms with Crippen LogP contribution < -0.4 is 0 Å². The summed E-state index contributed by atoms with van der Waals surface area (Å²) in [5, 5.41) is 8.47. The first kappa shape index (κ1) is 10.2. The number of rotatable bonds is 3. The van der Waals surface area contributed by atoms with Crippen LogP contribution in [0.15, 0.2) is 35.2 Å². The highest BCUT2D eigenvalue weighted by Gasteiger charge is 1.87. The Morgan fingerprint density at radius 3 is 2.62 bits per heavy atom. The van der Waals surface area contributed by atoms with Gasteiger partial charge in [0.05, 0.1) is 12.4 Å². The number of aliphatic hydroxyl groups is 1. The summed E-state index contributed by atoms with van der Waals surface area (Å²) < 4.78 is 0. The topological polar surface area (TPSA) is 20.2 Å². The zero-order valence-electron chi connectivity index (χ0n) is 7.36. The average Bonchev–Trinajstić information content (AvgIpc) is 2.19. The summed E-state index contributed by atoms with van der Waals surface area (Å²) in [6.45, 7) is 0.156. The van der Waals surface area contributed by atoms with E-state index in [1.807, 2.05) is 18.2 Å². The molecule has 2 heteroatoms. The molecule has 68 valence electrons. The molecule has 13 heavy (non-hydrogen) atoms. The Balaban J connectivity index is 2.25. The fourth-order valence-corrected chi connectivity index (χ4v) is 1.52. The van der Waals surface area contributed by atoms with Crippen LogP contribution in [0.2, 0.25) is 0 Å². The van der Waals surface area contributed by atoms with Crippen molar-refractivity contribution in [3.8, 4) is 11.8 Å². The molecule has 1 N–H and O–H groups in total. The monoisotopic (exact) mass is 192 g/mol. The molecule has 0 aromatic heterocycles. The number of hydrogen-bond acceptors (Lipinski definition) is 2. The van der Waals surface area contributed by atoms with Crippen LogP contribution in [-0.2, 0) is 0 Å². The van der Waals surface area contributed by atoms with E-state index >= 15 is 0 Å². The van der Waals surface area contributed by atoms with Crippen LogP contribution in [0.3, 0.4) is 0 Å². The number of aliphatic hydroxyl groups excluding tert-OH is 1. The summed E-state index contributed by atoms with van der Waals surface area (Å²) in [6.07, 6.45) is 0.579. The Kier molecular flexibility index (Phi) is 5.16. The summed E-state index contributed by atoms with van der Waals surface area (Å²) in [7, 11) is 0. The second-order valence-electron chi connectivity index (χ2n) is 2.43. The lowest BCUT2D eigenvalue weighted by Crippen LogP contribution is -1.77. The normalized spacial score (nSPS) is 9.00. The minimum atomic E-state index is 0.156. The molecule has 1 rings (SSSR count). The van der Waals surface area contributed by atoms with Crippen LogP contribution in [0.5, 0.6) is 0 Å². The van der Waals surface area contributed by atoms with Crippen molar-refractivity contribution >= 4 is 11.8 Å². The third-order valence-corrected chi connectivity index (χ3v) is 2.31. The summed E-state index contributed by atoms with van der Waals surface area (Å²) in [4.78, 5) is 1.24. The van der Waals surface area contributed by atoms with Gasteiger partial charge in [0.25, 0.3) is 0 Å². The lowest BCUT2D eigenvalue weighted by Gasteiger charge is -1.94. The van der Waals surface area contributed by atoms with Crippen LogP contribution in [0.4, 0.5) is 0 Å². The zero-order chi connectivity index (χ0) is 9.36. The third kappa shape index (κ3) is 4.62. The minimum absolute atomic E-state index is 0.156. The molecule has 1 aromatic carbocycles. The van der Waals surface area contributed by atoms with E-state index in [1.165, 1.54) is 4.90 Å². The summed E-state index contributed by atoms with van der Waals surface area (Å²) >= 11 is 1.72. The molecule has 0 heterocycles. The Labute approximate surface area is 83.2 Å². The maximum atomic E-state index is 8.47. The highest BCUT2D eigenvalue weighted by atomic mass is 32.2. The van der Waals surface area contributed by atoms with Gasteiger partial charge >= 0.3 is 0 Å². The summed E-state index contributed by atoms with van der Waals surface area (Å²) in [5.74, 6) is 6.67. The molecule has 0 saturated carbocycles. The van der Waals surface area contributed by atoms with Gasteiger partial charge < -0.3 is 5.11 Å². The highest BCUT2D eigenvalue weighted by Crippen LogP contribution is 2.15. The molecule has 0 unspecified atom stereocenters. The van der Waals surface area contributed by atoms with Crippen molar-refractivity contribution in [2.45, 2.75) is 11.3 Å². The van der Waals surface area contributed by atoms with E-state index in [-0.39, 0.29) is 6.61 Å². The Bertz CT molecular complexity index is 284. The predicted octanol–water partition coefficient (Wildman–Crippen LogP) is 2.16. The summed E-state index contributed by atoms with van der Waals surface area (Å²) in [6, 6.07) is 10.2. The molecule has 0 aliphatic carbocycles. The standard InChI is InChI=1S/C11H12OS/c12-9-5-2-6-10-13-11-7-3-1-4-8-11/h1,3-4,7-8,12H,5,9-10H2. The van der Waals surface area contributed by atoms with E-state index in [2.05, 4.69) is 24.0 Å².